The number of aromatic amines is 1. The second kappa shape index (κ2) is 5.60. The Kier molecular flexibility index (Phi) is 4.39. The number of rotatable bonds is 6. The molecule has 0 aliphatic rings. The van der Waals surface area contributed by atoms with E-state index < -0.39 is 35.0 Å². The van der Waals surface area contributed by atoms with Crippen molar-refractivity contribution in [3.63, 3.8) is 0 Å². The second-order valence-electron chi connectivity index (χ2n) is 3.35. The summed E-state index contributed by atoms with van der Waals surface area (Å²) in [6.07, 6.45) is 1.12. The first-order chi connectivity index (χ1) is 8.33. The molecular weight excluding hydrogens is 264 g/mol. The maximum atomic E-state index is 11.7. The molecule has 0 bridgehead atoms. The van der Waals surface area contributed by atoms with Gasteiger partial charge in [0.1, 0.15) is 11.4 Å². The Balaban J connectivity index is 2.56. The largest absolute Gasteiger partial charge is 0.480 e. The molecular formula is C8H12N4O5S. The first kappa shape index (κ1) is 14.1. The minimum atomic E-state index is -3.83. The van der Waals surface area contributed by atoms with Gasteiger partial charge in [0.25, 0.3) is 0 Å². The van der Waals surface area contributed by atoms with Gasteiger partial charge in [-0.25, -0.2) is 13.1 Å². The third kappa shape index (κ3) is 3.82. The number of hydrogen-bond donors (Lipinski definition) is 4. The highest BCUT2D eigenvalue weighted by molar-refractivity contribution is 7.89. The van der Waals surface area contributed by atoms with Gasteiger partial charge in [-0.15, -0.1) is 0 Å². The van der Waals surface area contributed by atoms with Crippen LogP contribution in [0.4, 0.5) is 0 Å². The van der Waals surface area contributed by atoms with E-state index in [4.69, 9.17) is 5.11 Å². The average molecular weight is 276 g/mol. The molecule has 0 aromatic carbocycles. The van der Waals surface area contributed by atoms with E-state index in [9.17, 15) is 18.0 Å². The standard InChI is InChI=1S/C8H12N4O5S/c1-5-6(2-10-12-5)18(16,17)11-3-7(13)9-4-8(14)15/h2,11H,3-4H2,1H3,(H,9,13)(H,10,12)(H,14,15). The van der Waals surface area contributed by atoms with Gasteiger partial charge in [-0.1, -0.05) is 0 Å². The average Bonchev–Trinajstić information content (AvgIpc) is 2.71. The quantitative estimate of drug-likeness (QED) is 0.483. The molecule has 4 N–H and O–H groups in total. The van der Waals surface area contributed by atoms with Crippen molar-refractivity contribution in [3.8, 4) is 0 Å². The van der Waals surface area contributed by atoms with Gasteiger partial charge in [-0.05, 0) is 6.92 Å². The molecule has 0 atom stereocenters. The number of sulfonamides is 1. The smallest absolute Gasteiger partial charge is 0.322 e. The number of nitrogens with one attached hydrogen (secondary N) is 3. The Morgan fingerprint density at radius 2 is 2.11 bits per heavy atom. The molecule has 100 valence electrons. The number of carboxylic acids is 1. The highest BCUT2D eigenvalue weighted by Crippen LogP contribution is 2.09. The zero-order valence-corrected chi connectivity index (χ0v) is 10.2. The molecule has 1 amide bonds. The molecule has 1 heterocycles. The van der Waals surface area contributed by atoms with Crippen molar-refractivity contribution in [1.82, 2.24) is 20.2 Å². The van der Waals surface area contributed by atoms with Crippen LogP contribution in [0.3, 0.4) is 0 Å². The fourth-order valence-corrected chi connectivity index (χ4v) is 2.20. The normalized spacial score (nSPS) is 11.2. The molecule has 0 spiro atoms. The van der Waals surface area contributed by atoms with Crippen LogP contribution < -0.4 is 10.0 Å². The van der Waals surface area contributed by atoms with Crippen LogP contribution in [0.25, 0.3) is 0 Å². The number of amides is 1. The molecule has 0 radical (unpaired) electrons. The molecule has 0 unspecified atom stereocenters. The molecule has 0 saturated heterocycles. The van der Waals surface area contributed by atoms with Crippen molar-refractivity contribution in [3.05, 3.63) is 11.9 Å². The molecule has 1 aromatic rings. The Bertz CT molecular complexity index is 550. The van der Waals surface area contributed by atoms with Crippen LogP contribution in [0.15, 0.2) is 11.1 Å². The van der Waals surface area contributed by atoms with E-state index >= 15 is 0 Å². The number of carbonyl (C=O) groups excluding carboxylic acids is 1. The number of carbonyl (C=O) groups is 2. The van der Waals surface area contributed by atoms with Crippen LogP contribution in [0.5, 0.6) is 0 Å². The summed E-state index contributed by atoms with van der Waals surface area (Å²) in [6, 6.07) is 0. The first-order valence-corrected chi connectivity index (χ1v) is 6.29. The van der Waals surface area contributed by atoms with Crippen molar-refractivity contribution in [2.75, 3.05) is 13.1 Å². The van der Waals surface area contributed by atoms with E-state index in [0.29, 0.717) is 5.69 Å². The third-order valence-electron chi connectivity index (χ3n) is 1.93. The fourth-order valence-electron chi connectivity index (χ4n) is 1.09. The summed E-state index contributed by atoms with van der Waals surface area (Å²) in [5.74, 6) is -1.95. The van der Waals surface area contributed by atoms with Gasteiger partial charge in [-0.3, -0.25) is 14.7 Å². The van der Waals surface area contributed by atoms with Gasteiger partial charge < -0.3 is 10.4 Å². The predicted octanol–water partition coefficient (Wildman–Crippen LogP) is -1.80. The SMILES string of the molecule is Cc1[nH]ncc1S(=O)(=O)NCC(=O)NCC(=O)O. The molecule has 0 saturated carbocycles. The first-order valence-electron chi connectivity index (χ1n) is 4.81. The summed E-state index contributed by atoms with van der Waals surface area (Å²) in [7, 11) is -3.83. The molecule has 0 fully saturated rings. The molecule has 10 heteroatoms. The lowest BCUT2D eigenvalue weighted by Gasteiger charge is -2.05. The molecule has 0 aliphatic heterocycles. The minimum absolute atomic E-state index is 0.0615. The van der Waals surface area contributed by atoms with E-state index in [-0.39, 0.29) is 4.90 Å². The van der Waals surface area contributed by atoms with Crippen LogP contribution in [-0.4, -0.2) is 48.7 Å². The molecule has 9 nitrogen and oxygen atoms in total. The fraction of sp³-hybridized carbons (Fsp3) is 0.375. The van der Waals surface area contributed by atoms with Gasteiger partial charge in [0.05, 0.1) is 18.4 Å². The molecule has 18 heavy (non-hydrogen) atoms. The minimum Gasteiger partial charge on any atom is -0.480 e. The number of H-pyrrole nitrogens is 1. The summed E-state index contributed by atoms with van der Waals surface area (Å²) in [4.78, 5) is 21.2. The Morgan fingerprint density at radius 1 is 1.44 bits per heavy atom. The lowest BCUT2D eigenvalue weighted by molar-refractivity contribution is -0.137. The molecule has 1 aromatic heterocycles. The summed E-state index contributed by atoms with van der Waals surface area (Å²) < 4.78 is 25.4. The predicted molar refractivity (Wildman–Crippen MR) is 59.2 cm³/mol. The maximum absolute atomic E-state index is 11.7. The molecule has 1 rings (SSSR count). The summed E-state index contributed by atoms with van der Waals surface area (Å²) in [6.45, 7) is 0.414. The summed E-state index contributed by atoms with van der Waals surface area (Å²) >= 11 is 0. The maximum Gasteiger partial charge on any atom is 0.322 e. The van der Waals surface area contributed by atoms with Crippen LogP contribution in [0, 0.1) is 6.92 Å². The van der Waals surface area contributed by atoms with Gasteiger partial charge >= 0.3 is 5.97 Å². The van der Waals surface area contributed by atoms with Crippen LogP contribution >= 0.6 is 0 Å². The van der Waals surface area contributed by atoms with Crippen LogP contribution in [0.1, 0.15) is 5.69 Å². The number of aromatic nitrogens is 2. The van der Waals surface area contributed by atoms with Gasteiger partial charge in [0, 0.05) is 0 Å². The number of aliphatic carboxylic acids is 1. The van der Waals surface area contributed by atoms with Crippen molar-refractivity contribution < 1.29 is 23.1 Å². The van der Waals surface area contributed by atoms with E-state index in [1.54, 1.807) is 0 Å². The zero-order chi connectivity index (χ0) is 13.8. The molecule has 0 aliphatic carbocycles. The lowest BCUT2D eigenvalue weighted by atomic mass is 10.5. The van der Waals surface area contributed by atoms with Crippen molar-refractivity contribution in [1.29, 1.82) is 0 Å². The van der Waals surface area contributed by atoms with Gasteiger partial charge in [0.15, 0.2) is 0 Å². The van der Waals surface area contributed by atoms with E-state index in [0.717, 1.165) is 6.20 Å². The summed E-state index contributed by atoms with van der Waals surface area (Å²) in [5.41, 5.74) is 0.341. The van der Waals surface area contributed by atoms with Gasteiger partial charge in [-0.2, -0.15) is 5.10 Å². The highest BCUT2D eigenvalue weighted by Gasteiger charge is 2.19. The Labute approximate surface area is 103 Å². The van der Waals surface area contributed by atoms with Gasteiger partial charge in [0.2, 0.25) is 15.9 Å². The van der Waals surface area contributed by atoms with E-state index in [2.05, 4.69) is 10.2 Å². The van der Waals surface area contributed by atoms with Crippen LogP contribution in [-0.2, 0) is 19.6 Å². The Morgan fingerprint density at radius 3 is 2.61 bits per heavy atom. The summed E-state index contributed by atoms with van der Waals surface area (Å²) in [5, 5.41) is 16.3. The number of hydrogen-bond acceptors (Lipinski definition) is 5. The Hall–Kier alpha value is -1.94. The number of nitrogens with zero attached hydrogens (tertiary/aromatic N) is 1. The third-order valence-corrected chi connectivity index (χ3v) is 3.45. The van der Waals surface area contributed by atoms with Crippen molar-refractivity contribution in [2.45, 2.75) is 11.8 Å². The van der Waals surface area contributed by atoms with E-state index in [1.165, 1.54) is 6.92 Å². The van der Waals surface area contributed by atoms with E-state index in [1.807, 2.05) is 10.0 Å². The number of carboxylic acid groups (broad SMARTS) is 1. The van der Waals surface area contributed by atoms with Crippen molar-refractivity contribution in [2.24, 2.45) is 0 Å². The number of aryl methyl sites for hydroxylation is 1. The van der Waals surface area contributed by atoms with Crippen LogP contribution in [0.2, 0.25) is 0 Å². The van der Waals surface area contributed by atoms with Crippen molar-refractivity contribution >= 4 is 21.9 Å². The monoisotopic (exact) mass is 276 g/mol. The topological polar surface area (TPSA) is 141 Å². The lowest BCUT2D eigenvalue weighted by Crippen LogP contribution is -2.39. The zero-order valence-electron chi connectivity index (χ0n) is 9.43. The highest BCUT2D eigenvalue weighted by atomic mass is 32.2. The second-order valence-corrected chi connectivity index (χ2v) is 5.09.